The molecule has 0 aliphatic carbocycles. The van der Waals surface area contributed by atoms with Crippen LogP contribution in [-0.4, -0.2) is 49.3 Å². The molecule has 510 valence electrons. The monoisotopic (exact) mass is 1260 g/mol. The first-order valence-electron chi connectivity index (χ1n) is 36.7. The molecular formula is C79H136NO8P. The van der Waals surface area contributed by atoms with E-state index in [2.05, 4.69) is 148 Å². The SMILES string of the molecule is CC/C=C\C/C=C\C/C=C\C/C=C\C/C=C\C/C=C\C/C=C\C/C=C\C/C=C\CCCCCCCC(=O)OC(COC(=O)CCCCCCCCCCCCCCCCCCCCCCCCC/C=C\C/C=C\CCCCCCC)COP(=O)(O)OCCN. The normalized spacial score (nSPS) is 13.7. The Kier molecular flexibility index (Phi) is 70.0. The van der Waals surface area contributed by atoms with E-state index in [9.17, 15) is 19.0 Å². The van der Waals surface area contributed by atoms with Crippen molar-refractivity contribution in [2.24, 2.45) is 5.73 Å². The Morgan fingerprint density at radius 3 is 0.921 bits per heavy atom. The number of hydrogen-bond acceptors (Lipinski definition) is 8. The van der Waals surface area contributed by atoms with Gasteiger partial charge in [-0.15, -0.1) is 0 Å². The van der Waals surface area contributed by atoms with Crippen molar-refractivity contribution in [3.05, 3.63) is 134 Å². The maximum absolute atomic E-state index is 12.8. The van der Waals surface area contributed by atoms with Crippen LogP contribution in [0.3, 0.4) is 0 Å². The van der Waals surface area contributed by atoms with Gasteiger partial charge in [0.1, 0.15) is 6.61 Å². The quantitative estimate of drug-likeness (QED) is 0.0264. The third-order valence-electron chi connectivity index (χ3n) is 15.5. The predicted octanol–water partition coefficient (Wildman–Crippen LogP) is 24.4. The molecule has 0 aliphatic rings. The maximum atomic E-state index is 12.8. The number of hydrogen-bond donors (Lipinski definition) is 2. The lowest BCUT2D eigenvalue weighted by Crippen LogP contribution is -2.29. The average molecular weight is 1260 g/mol. The number of phosphoric ester groups is 1. The molecule has 0 bridgehead atoms. The third kappa shape index (κ3) is 73.1. The van der Waals surface area contributed by atoms with Crippen LogP contribution in [0.4, 0.5) is 0 Å². The fourth-order valence-corrected chi connectivity index (χ4v) is 10.9. The summed E-state index contributed by atoms with van der Waals surface area (Å²) in [7, 11) is -4.41. The Labute approximate surface area is 548 Å². The topological polar surface area (TPSA) is 134 Å². The zero-order valence-corrected chi connectivity index (χ0v) is 58.3. The summed E-state index contributed by atoms with van der Waals surface area (Å²) in [5.41, 5.74) is 5.40. The second-order valence-corrected chi connectivity index (χ2v) is 25.5. The molecule has 3 N–H and O–H groups in total. The summed E-state index contributed by atoms with van der Waals surface area (Å²) in [4.78, 5) is 35.4. The summed E-state index contributed by atoms with van der Waals surface area (Å²) < 4.78 is 33.2. The number of rotatable bonds is 68. The summed E-state index contributed by atoms with van der Waals surface area (Å²) in [5, 5.41) is 0. The number of esters is 2. The van der Waals surface area contributed by atoms with Crippen LogP contribution in [0.1, 0.15) is 322 Å². The lowest BCUT2D eigenvalue weighted by Gasteiger charge is -2.19. The van der Waals surface area contributed by atoms with Gasteiger partial charge in [0.15, 0.2) is 6.10 Å². The first-order chi connectivity index (χ1) is 43.8. The van der Waals surface area contributed by atoms with Gasteiger partial charge < -0.3 is 20.1 Å². The summed E-state index contributed by atoms with van der Waals surface area (Å²) in [6.45, 7) is 3.62. The molecule has 0 aromatic carbocycles. The molecule has 0 aromatic rings. The number of ether oxygens (including phenoxy) is 2. The minimum atomic E-state index is -4.41. The molecule has 0 radical (unpaired) electrons. The Hall–Kier alpha value is -3.85. The van der Waals surface area contributed by atoms with Crippen molar-refractivity contribution in [3.8, 4) is 0 Å². The average Bonchev–Trinajstić information content (AvgIpc) is 3.58. The minimum absolute atomic E-state index is 0.0445. The van der Waals surface area contributed by atoms with Crippen molar-refractivity contribution in [2.45, 2.75) is 328 Å². The number of nitrogens with two attached hydrogens (primary N) is 1. The van der Waals surface area contributed by atoms with Gasteiger partial charge in [-0.05, 0) is 116 Å². The van der Waals surface area contributed by atoms with Gasteiger partial charge >= 0.3 is 19.8 Å². The molecular weight excluding hydrogens is 1120 g/mol. The fourth-order valence-electron chi connectivity index (χ4n) is 10.1. The zero-order valence-electron chi connectivity index (χ0n) is 57.4. The van der Waals surface area contributed by atoms with E-state index in [0.717, 1.165) is 116 Å². The number of allylic oxidation sites excluding steroid dienone is 22. The molecule has 0 aromatic heterocycles. The molecule has 0 saturated heterocycles. The third-order valence-corrected chi connectivity index (χ3v) is 16.5. The molecule has 10 heteroatoms. The van der Waals surface area contributed by atoms with Crippen molar-refractivity contribution < 1.29 is 37.6 Å². The van der Waals surface area contributed by atoms with E-state index in [0.29, 0.717) is 6.42 Å². The zero-order chi connectivity index (χ0) is 64.4. The molecule has 2 atom stereocenters. The van der Waals surface area contributed by atoms with E-state index in [-0.39, 0.29) is 38.6 Å². The number of carbonyl (C=O) groups is 2. The first-order valence-corrected chi connectivity index (χ1v) is 38.2. The van der Waals surface area contributed by atoms with Crippen LogP contribution in [0.2, 0.25) is 0 Å². The number of carbonyl (C=O) groups excluding carboxylic acids is 2. The van der Waals surface area contributed by atoms with Crippen molar-refractivity contribution in [1.82, 2.24) is 0 Å². The van der Waals surface area contributed by atoms with Crippen LogP contribution in [-0.2, 0) is 32.7 Å². The van der Waals surface area contributed by atoms with E-state index >= 15 is 0 Å². The van der Waals surface area contributed by atoms with Crippen LogP contribution in [0.15, 0.2) is 134 Å². The van der Waals surface area contributed by atoms with E-state index in [4.69, 9.17) is 24.3 Å². The van der Waals surface area contributed by atoms with Gasteiger partial charge in [-0.3, -0.25) is 18.6 Å². The summed E-state index contributed by atoms with van der Waals surface area (Å²) >= 11 is 0. The second kappa shape index (κ2) is 73.2. The lowest BCUT2D eigenvalue weighted by molar-refractivity contribution is -0.161. The Bertz CT molecular complexity index is 1920. The van der Waals surface area contributed by atoms with Crippen molar-refractivity contribution >= 4 is 19.8 Å². The van der Waals surface area contributed by atoms with Gasteiger partial charge in [0, 0.05) is 19.4 Å². The molecule has 9 nitrogen and oxygen atoms in total. The van der Waals surface area contributed by atoms with E-state index in [1.807, 2.05) is 0 Å². The largest absolute Gasteiger partial charge is 0.472 e. The van der Waals surface area contributed by atoms with Crippen LogP contribution in [0.5, 0.6) is 0 Å². The van der Waals surface area contributed by atoms with E-state index in [1.165, 1.54) is 173 Å². The van der Waals surface area contributed by atoms with E-state index < -0.39 is 26.5 Å². The molecule has 0 aliphatic heterocycles. The lowest BCUT2D eigenvalue weighted by atomic mass is 10.0. The van der Waals surface area contributed by atoms with Gasteiger partial charge in [0.05, 0.1) is 13.2 Å². The fraction of sp³-hybridized carbons (Fsp3) is 0.696. The second-order valence-electron chi connectivity index (χ2n) is 24.1. The molecule has 0 fully saturated rings. The molecule has 2 unspecified atom stereocenters. The highest BCUT2D eigenvalue weighted by molar-refractivity contribution is 7.47. The van der Waals surface area contributed by atoms with Gasteiger partial charge in [0.2, 0.25) is 0 Å². The molecule has 0 heterocycles. The predicted molar refractivity (Wildman–Crippen MR) is 385 cm³/mol. The molecule has 89 heavy (non-hydrogen) atoms. The Morgan fingerprint density at radius 2 is 0.618 bits per heavy atom. The summed E-state index contributed by atoms with van der Waals surface area (Å²) in [6.07, 6.45) is 104. The Morgan fingerprint density at radius 1 is 0.348 bits per heavy atom. The van der Waals surface area contributed by atoms with Crippen LogP contribution in [0.25, 0.3) is 0 Å². The maximum Gasteiger partial charge on any atom is 0.472 e. The van der Waals surface area contributed by atoms with Gasteiger partial charge in [-0.2, -0.15) is 0 Å². The molecule has 0 spiro atoms. The van der Waals surface area contributed by atoms with Crippen LogP contribution in [0, 0.1) is 0 Å². The van der Waals surface area contributed by atoms with Crippen LogP contribution >= 0.6 is 7.82 Å². The Balaban J connectivity index is 3.92. The van der Waals surface area contributed by atoms with Crippen molar-refractivity contribution in [2.75, 3.05) is 26.4 Å². The van der Waals surface area contributed by atoms with Gasteiger partial charge in [-0.25, -0.2) is 4.57 Å². The number of unbranched alkanes of at least 4 members (excludes halogenated alkanes) is 33. The van der Waals surface area contributed by atoms with Gasteiger partial charge in [0.25, 0.3) is 0 Å². The number of phosphoric acid groups is 1. The summed E-state index contributed by atoms with van der Waals surface area (Å²) in [6, 6.07) is 0. The summed E-state index contributed by atoms with van der Waals surface area (Å²) in [5.74, 6) is -0.847. The van der Waals surface area contributed by atoms with Crippen molar-refractivity contribution in [1.29, 1.82) is 0 Å². The standard InChI is InChI=1S/C79H136NO8P/c1-3-5-7-9-11-13-15-17-19-21-23-25-27-29-31-33-35-37-38-40-41-43-45-47-49-51-53-55-57-59-61-63-65-67-69-71-78(81)85-75-77(76-87-89(83,84)86-74-73-80)88-79(82)72-70-68-66-64-62-60-58-56-54-52-50-48-46-44-42-39-36-34-32-30-28-26-24-22-20-18-16-14-12-10-8-6-4-2/h6,8,12,14-15,17-18,20-21,23-24,26,30,32,36,39,44,46,50,52,56,58,77H,3-5,7,9-11,13,16,19,22,25,27-29,31,33-35,37-38,40-43,45,47-49,51,53-55,57,59-76,80H2,1-2H3,(H,83,84)/b8-6-,14-12-,17-15-,20-18-,23-21-,26-24-,32-30-,39-36-,46-44-,52-50-,58-56-. The first kappa shape index (κ1) is 85.2. The smallest absolute Gasteiger partial charge is 0.462 e. The van der Waals surface area contributed by atoms with Crippen molar-refractivity contribution in [3.63, 3.8) is 0 Å². The molecule has 0 saturated carbocycles. The highest BCUT2D eigenvalue weighted by atomic mass is 31.2. The van der Waals surface area contributed by atoms with Crippen LogP contribution < -0.4 is 5.73 Å². The molecule has 0 rings (SSSR count). The minimum Gasteiger partial charge on any atom is -0.462 e. The van der Waals surface area contributed by atoms with E-state index in [1.54, 1.807) is 0 Å². The highest BCUT2D eigenvalue weighted by Crippen LogP contribution is 2.43. The van der Waals surface area contributed by atoms with Gasteiger partial charge in [-0.1, -0.05) is 327 Å². The highest BCUT2D eigenvalue weighted by Gasteiger charge is 2.26. The molecule has 0 amide bonds.